The van der Waals surface area contributed by atoms with Crippen molar-refractivity contribution in [3.8, 4) is 11.5 Å². The molecule has 0 bridgehead atoms. The Hall–Kier alpha value is -2.70. The van der Waals surface area contributed by atoms with Crippen molar-refractivity contribution in [2.24, 2.45) is 0 Å². The molecule has 3 rings (SSSR count). The third-order valence-electron chi connectivity index (χ3n) is 4.59. The lowest BCUT2D eigenvalue weighted by Crippen LogP contribution is -2.25. The smallest absolute Gasteiger partial charge is 0.295 e. The Morgan fingerprint density at radius 3 is 2.32 bits per heavy atom. The van der Waals surface area contributed by atoms with Crippen LogP contribution in [-0.4, -0.2) is 43.0 Å². The van der Waals surface area contributed by atoms with Crippen LogP contribution in [0.4, 0.5) is 0 Å². The highest BCUT2D eigenvalue weighted by molar-refractivity contribution is 6.47. The summed E-state index contributed by atoms with van der Waals surface area (Å²) in [5, 5.41) is 11.6. The molecule has 2 aromatic rings. The number of halogens is 2. The van der Waals surface area contributed by atoms with Gasteiger partial charge in [-0.2, -0.15) is 0 Å². The maximum absolute atomic E-state index is 12.6. The third-order valence-corrected chi connectivity index (χ3v) is 5.15. The van der Waals surface area contributed by atoms with Gasteiger partial charge in [0.25, 0.3) is 11.7 Å². The summed E-state index contributed by atoms with van der Waals surface area (Å²) in [6.07, 6.45) is 0. The van der Waals surface area contributed by atoms with E-state index in [0.29, 0.717) is 27.6 Å². The molecule has 8 heteroatoms. The van der Waals surface area contributed by atoms with Gasteiger partial charge in [-0.3, -0.25) is 9.59 Å². The van der Waals surface area contributed by atoms with Gasteiger partial charge in [-0.15, -0.1) is 0 Å². The summed E-state index contributed by atoms with van der Waals surface area (Å²) in [5.41, 5.74) is 0.720. The lowest BCUT2D eigenvalue weighted by atomic mass is 9.95. The molecule has 0 aliphatic carbocycles. The lowest BCUT2D eigenvalue weighted by Gasteiger charge is -2.22. The predicted molar refractivity (Wildman–Crippen MR) is 106 cm³/mol. The zero-order valence-corrected chi connectivity index (χ0v) is 16.8. The van der Waals surface area contributed by atoms with Crippen LogP contribution < -0.4 is 9.47 Å². The van der Waals surface area contributed by atoms with E-state index in [1.807, 2.05) is 0 Å². The average Bonchev–Trinajstić information content (AvgIpc) is 2.91. The van der Waals surface area contributed by atoms with Crippen LogP contribution in [0.5, 0.6) is 11.5 Å². The van der Waals surface area contributed by atoms with Crippen molar-refractivity contribution < 1.29 is 24.2 Å². The predicted octanol–water partition coefficient (Wildman–Crippen LogP) is 4.06. The molecule has 0 spiro atoms. The number of aliphatic hydroxyl groups is 1. The monoisotopic (exact) mass is 421 g/mol. The zero-order valence-electron chi connectivity index (χ0n) is 15.3. The number of benzene rings is 2. The van der Waals surface area contributed by atoms with E-state index in [1.54, 1.807) is 24.3 Å². The Morgan fingerprint density at radius 2 is 1.71 bits per heavy atom. The number of hydrogen-bond acceptors (Lipinski definition) is 5. The number of rotatable bonds is 4. The number of likely N-dealkylation sites (tertiary alicyclic amines) is 1. The van der Waals surface area contributed by atoms with Crippen molar-refractivity contribution in [3.05, 3.63) is 63.1 Å². The standard InChI is InChI=1S/C20H17Cl2NO5/c1-23-17(12-6-5-11(21)9-13(12)22)16(19(25)20(23)26)18(24)10-4-7-14(27-2)15(8-10)28-3/h4-9,17,24H,1-3H3/t17-/m0/s1. The van der Waals surface area contributed by atoms with Gasteiger partial charge in [0, 0.05) is 22.7 Å². The Labute approximate surface area is 171 Å². The van der Waals surface area contributed by atoms with Crippen LogP contribution in [0.3, 0.4) is 0 Å². The lowest BCUT2D eigenvalue weighted by molar-refractivity contribution is -0.139. The van der Waals surface area contributed by atoms with Crippen molar-refractivity contribution in [2.45, 2.75) is 6.04 Å². The van der Waals surface area contributed by atoms with Crippen LogP contribution in [0, 0.1) is 0 Å². The number of Topliss-reactive ketones (excluding diaryl/α,β-unsaturated/α-hetero) is 1. The molecule has 0 aromatic heterocycles. The summed E-state index contributed by atoms with van der Waals surface area (Å²) < 4.78 is 10.4. The SMILES string of the molecule is COc1ccc(C(O)=C2C(=O)C(=O)N(C)[C@H]2c2ccc(Cl)cc2Cl)cc1OC. The normalized spacial score (nSPS) is 18.5. The summed E-state index contributed by atoms with van der Waals surface area (Å²) in [6.45, 7) is 0. The molecule has 146 valence electrons. The van der Waals surface area contributed by atoms with Crippen molar-refractivity contribution in [3.63, 3.8) is 0 Å². The number of amides is 1. The maximum Gasteiger partial charge on any atom is 0.295 e. The van der Waals surface area contributed by atoms with Gasteiger partial charge in [0.2, 0.25) is 0 Å². The molecule has 1 saturated heterocycles. The van der Waals surface area contributed by atoms with Crippen LogP contribution in [0.25, 0.3) is 5.76 Å². The minimum Gasteiger partial charge on any atom is -0.507 e. The van der Waals surface area contributed by atoms with Gasteiger partial charge in [0.05, 0.1) is 25.8 Å². The largest absolute Gasteiger partial charge is 0.507 e. The van der Waals surface area contributed by atoms with Crippen molar-refractivity contribution >= 4 is 40.7 Å². The number of carbonyl (C=O) groups excluding carboxylic acids is 2. The molecule has 1 fully saturated rings. The van der Waals surface area contributed by atoms with Gasteiger partial charge >= 0.3 is 0 Å². The molecule has 0 saturated carbocycles. The molecule has 0 radical (unpaired) electrons. The number of hydrogen-bond donors (Lipinski definition) is 1. The second-order valence-electron chi connectivity index (χ2n) is 6.15. The Balaban J connectivity index is 2.20. The van der Waals surface area contributed by atoms with Crippen LogP contribution in [0.1, 0.15) is 17.2 Å². The molecule has 1 N–H and O–H groups in total. The van der Waals surface area contributed by atoms with Crippen molar-refractivity contribution in [2.75, 3.05) is 21.3 Å². The summed E-state index contributed by atoms with van der Waals surface area (Å²) in [5.74, 6) is -1.03. The van der Waals surface area contributed by atoms with E-state index in [1.165, 1.54) is 38.3 Å². The second kappa shape index (κ2) is 7.73. The van der Waals surface area contributed by atoms with Crippen LogP contribution >= 0.6 is 23.2 Å². The van der Waals surface area contributed by atoms with Crippen molar-refractivity contribution in [1.29, 1.82) is 0 Å². The molecule has 6 nitrogen and oxygen atoms in total. The summed E-state index contributed by atoms with van der Waals surface area (Å²) in [7, 11) is 4.42. The van der Waals surface area contributed by atoms with Crippen LogP contribution in [0.15, 0.2) is 42.0 Å². The molecule has 1 aliphatic heterocycles. The molecule has 1 heterocycles. The Morgan fingerprint density at radius 1 is 1.04 bits per heavy atom. The molecular formula is C20H17Cl2NO5. The van der Waals surface area contributed by atoms with Crippen LogP contribution in [-0.2, 0) is 9.59 Å². The molecule has 28 heavy (non-hydrogen) atoms. The average molecular weight is 422 g/mol. The van der Waals surface area contributed by atoms with Gasteiger partial charge in [-0.05, 0) is 35.9 Å². The number of ether oxygens (including phenoxy) is 2. The minimum atomic E-state index is -0.849. The highest BCUT2D eigenvalue weighted by Crippen LogP contribution is 2.42. The van der Waals surface area contributed by atoms with Gasteiger partial charge in [-0.1, -0.05) is 29.3 Å². The highest BCUT2D eigenvalue weighted by atomic mass is 35.5. The number of carbonyl (C=O) groups is 2. The molecule has 1 amide bonds. The summed E-state index contributed by atoms with van der Waals surface area (Å²) in [6, 6.07) is 8.59. The third kappa shape index (κ3) is 3.30. The number of methoxy groups -OCH3 is 2. The zero-order chi connectivity index (χ0) is 20.6. The van der Waals surface area contributed by atoms with E-state index in [4.69, 9.17) is 32.7 Å². The molecular weight excluding hydrogens is 405 g/mol. The fraction of sp³-hybridized carbons (Fsp3) is 0.200. The van der Waals surface area contributed by atoms with Gasteiger partial charge in [0.1, 0.15) is 5.76 Å². The van der Waals surface area contributed by atoms with E-state index in [0.717, 1.165) is 0 Å². The first kappa shape index (κ1) is 20.0. The van der Waals surface area contributed by atoms with Gasteiger partial charge < -0.3 is 19.5 Å². The van der Waals surface area contributed by atoms with Crippen molar-refractivity contribution in [1.82, 2.24) is 4.90 Å². The van der Waals surface area contributed by atoms with E-state index in [-0.39, 0.29) is 16.4 Å². The molecule has 0 unspecified atom stereocenters. The van der Waals surface area contributed by atoms with Gasteiger partial charge in [0.15, 0.2) is 11.5 Å². The Bertz CT molecular complexity index is 1000. The first-order chi connectivity index (χ1) is 13.3. The number of aliphatic hydroxyl groups excluding tert-OH is 1. The maximum atomic E-state index is 12.6. The minimum absolute atomic E-state index is 0.0658. The number of nitrogens with zero attached hydrogens (tertiary/aromatic N) is 1. The van der Waals surface area contributed by atoms with Gasteiger partial charge in [-0.25, -0.2) is 0 Å². The van der Waals surface area contributed by atoms with E-state index in [9.17, 15) is 14.7 Å². The fourth-order valence-corrected chi connectivity index (χ4v) is 3.69. The van der Waals surface area contributed by atoms with E-state index >= 15 is 0 Å². The summed E-state index contributed by atoms with van der Waals surface area (Å²) in [4.78, 5) is 26.2. The van der Waals surface area contributed by atoms with E-state index < -0.39 is 17.7 Å². The molecule has 1 aliphatic rings. The topological polar surface area (TPSA) is 76.1 Å². The fourth-order valence-electron chi connectivity index (χ4n) is 3.17. The quantitative estimate of drug-likeness (QED) is 0.457. The number of likely N-dealkylation sites (N-methyl/N-ethyl adjacent to an activating group) is 1. The highest BCUT2D eigenvalue weighted by Gasteiger charge is 2.45. The van der Waals surface area contributed by atoms with Crippen LogP contribution in [0.2, 0.25) is 10.0 Å². The first-order valence-corrected chi connectivity index (χ1v) is 8.97. The van der Waals surface area contributed by atoms with E-state index in [2.05, 4.69) is 0 Å². The Kier molecular flexibility index (Phi) is 5.54. The molecule has 2 aromatic carbocycles. The number of ketones is 1. The first-order valence-electron chi connectivity index (χ1n) is 8.22. The summed E-state index contributed by atoms with van der Waals surface area (Å²) >= 11 is 12.3. The second-order valence-corrected chi connectivity index (χ2v) is 6.99. The molecule has 1 atom stereocenters.